The Balaban J connectivity index is 1.66. The Kier molecular flexibility index (Phi) is 4.07. The van der Waals surface area contributed by atoms with Gasteiger partial charge in [0, 0.05) is 5.56 Å². The van der Waals surface area contributed by atoms with Crippen molar-refractivity contribution in [1.29, 1.82) is 5.26 Å². The highest BCUT2D eigenvalue weighted by Gasteiger charge is 2.06. The van der Waals surface area contributed by atoms with Crippen LogP contribution in [0.25, 0.3) is 11.4 Å². The van der Waals surface area contributed by atoms with E-state index < -0.39 is 0 Å². The first-order valence-electron chi connectivity index (χ1n) is 6.77. The summed E-state index contributed by atoms with van der Waals surface area (Å²) in [5.41, 5.74) is 1.95. The fourth-order valence-corrected chi connectivity index (χ4v) is 1.93. The SMILES string of the molecule is N#CCn1nnc(-c2ccc(OCc3ccccc3)cc2)n1. The minimum absolute atomic E-state index is 0.0886. The van der Waals surface area contributed by atoms with Crippen molar-refractivity contribution in [2.75, 3.05) is 0 Å². The number of nitrogens with zero attached hydrogens (tertiary/aromatic N) is 5. The first-order chi connectivity index (χ1) is 10.8. The molecule has 0 fully saturated rings. The molecule has 0 saturated heterocycles. The molecule has 0 radical (unpaired) electrons. The van der Waals surface area contributed by atoms with Gasteiger partial charge in [-0.3, -0.25) is 0 Å². The highest BCUT2D eigenvalue weighted by Crippen LogP contribution is 2.19. The van der Waals surface area contributed by atoms with Crippen molar-refractivity contribution < 1.29 is 4.74 Å². The molecule has 22 heavy (non-hydrogen) atoms. The quantitative estimate of drug-likeness (QED) is 0.721. The van der Waals surface area contributed by atoms with Gasteiger partial charge < -0.3 is 4.74 Å². The average Bonchev–Trinajstić information content (AvgIpc) is 3.03. The van der Waals surface area contributed by atoms with Gasteiger partial charge in [0.1, 0.15) is 18.9 Å². The van der Waals surface area contributed by atoms with Crippen LogP contribution in [-0.2, 0) is 13.2 Å². The molecule has 6 heteroatoms. The number of hydrogen-bond donors (Lipinski definition) is 0. The van der Waals surface area contributed by atoms with E-state index in [1.807, 2.05) is 60.7 Å². The Morgan fingerprint density at radius 1 is 1.05 bits per heavy atom. The van der Waals surface area contributed by atoms with E-state index in [9.17, 15) is 0 Å². The number of tetrazole rings is 1. The van der Waals surface area contributed by atoms with Crippen molar-refractivity contribution in [3.8, 4) is 23.2 Å². The Morgan fingerprint density at radius 2 is 1.82 bits per heavy atom. The van der Waals surface area contributed by atoms with Crippen LogP contribution in [0.3, 0.4) is 0 Å². The summed E-state index contributed by atoms with van der Waals surface area (Å²) >= 11 is 0. The molecule has 1 heterocycles. The summed E-state index contributed by atoms with van der Waals surface area (Å²) in [6.45, 7) is 0.613. The Bertz CT molecular complexity index is 774. The zero-order valence-electron chi connectivity index (χ0n) is 11.8. The van der Waals surface area contributed by atoms with Crippen LogP contribution in [-0.4, -0.2) is 20.2 Å². The van der Waals surface area contributed by atoms with Gasteiger partial charge in [0.2, 0.25) is 5.82 Å². The average molecular weight is 291 g/mol. The predicted molar refractivity (Wildman–Crippen MR) is 79.6 cm³/mol. The van der Waals surface area contributed by atoms with E-state index in [0.717, 1.165) is 16.9 Å². The van der Waals surface area contributed by atoms with Crippen molar-refractivity contribution in [3.63, 3.8) is 0 Å². The van der Waals surface area contributed by atoms with E-state index in [1.54, 1.807) is 0 Å². The highest BCUT2D eigenvalue weighted by atomic mass is 16.5. The summed E-state index contributed by atoms with van der Waals surface area (Å²) in [6, 6.07) is 19.4. The van der Waals surface area contributed by atoms with Gasteiger partial charge in [-0.2, -0.15) is 5.26 Å². The summed E-state index contributed by atoms with van der Waals surface area (Å²) in [6.07, 6.45) is 0. The molecule has 0 N–H and O–H groups in total. The molecule has 0 saturated carbocycles. The highest BCUT2D eigenvalue weighted by molar-refractivity contribution is 5.55. The second kappa shape index (κ2) is 6.50. The number of rotatable bonds is 5. The molecule has 1 aromatic heterocycles. The third kappa shape index (κ3) is 3.27. The lowest BCUT2D eigenvalue weighted by Crippen LogP contribution is -1.99. The standard InChI is InChI=1S/C16H13N5O/c17-10-11-21-19-16(18-20-21)14-6-8-15(9-7-14)22-12-13-4-2-1-3-5-13/h1-9H,11-12H2. The maximum absolute atomic E-state index is 8.59. The fourth-order valence-electron chi connectivity index (χ4n) is 1.93. The molecule has 0 bridgehead atoms. The van der Waals surface area contributed by atoms with Gasteiger partial charge in [-0.1, -0.05) is 30.3 Å². The molecule has 108 valence electrons. The Labute approximate surface area is 127 Å². The number of aromatic nitrogens is 4. The second-order valence-corrected chi connectivity index (χ2v) is 4.60. The lowest BCUT2D eigenvalue weighted by molar-refractivity contribution is 0.306. The van der Waals surface area contributed by atoms with Crippen LogP contribution in [0, 0.1) is 11.3 Å². The molecular formula is C16H13N5O. The maximum Gasteiger partial charge on any atom is 0.204 e. The van der Waals surface area contributed by atoms with Crippen LogP contribution in [0.5, 0.6) is 5.75 Å². The van der Waals surface area contributed by atoms with Crippen molar-refractivity contribution in [3.05, 3.63) is 60.2 Å². The zero-order valence-corrected chi connectivity index (χ0v) is 11.8. The monoisotopic (exact) mass is 291 g/mol. The fraction of sp³-hybridized carbons (Fsp3) is 0.125. The van der Waals surface area contributed by atoms with Gasteiger partial charge in [-0.15, -0.1) is 15.0 Å². The molecule has 3 aromatic rings. The zero-order chi connectivity index (χ0) is 15.2. The molecule has 0 unspecified atom stereocenters. The smallest absolute Gasteiger partial charge is 0.204 e. The van der Waals surface area contributed by atoms with Gasteiger partial charge in [-0.25, -0.2) is 0 Å². The van der Waals surface area contributed by atoms with Gasteiger partial charge in [0.05, 0.1) is 6.07 Å². The summed E-state index contributed by atoms with van der Waals surface area (Å²) in [4.78, 5) is 1.26. The number of nitriles is 1. The number of ether oxygens (including phenoxy) is 1. The predicted octanol–water partition coefficient (Wildman–Crippen LogP) is 2.44. The molecule has 0 amide bonds. The number of benzene rings is 2. The van der Waals surface area contributed by atoms with Crippen LogP contribution in [0.1, 0.15) is 5.56 Å². The minimum Gasteiger partial charge on any atom is -0.489 e. The first kappa shape index (κ1) is 13.8. The first-order valence-corrected chi connectivity index (χ1v) is 6.77. The molecule has 6 nitrogen and oxygen atoms in total. The normalized spacial score (nSPS) is 10.1. The third-order valence-electron chi connectivity index (χ3n) is 3.03. The maximum atomic E-state index is 8.59. The lowest BCUT2D eigenvalue weighted by Gasteiger charge is -2.06. The summed E-state index contributed by atoms with van der Waals surface area (Å²) < 4.78 is 5.72. The molecule has 2 aromatic carbocycles. The van der Waals surface area contributed by atoms with Crippen molar-refractivity contribution in [2.24, 2.45) is 0 Å². The van der Waals surface area contributed by atoms with Gasteiger partial charge in [0.25, 0.3) is 0 Å². The van der Waals surface area contributed by atoms with E-state index in [1.165, 1.54) is 4.80 Å². The van der Waals surface area contributed by atoms with Crippen molar-refractivity contribution >= 4 is 0 Å². The molecule has 0 atom stereocenters. The van der Waals surface area contributed by atoms with Gasteiger partial charge >= 0.3 is 0 Å². The molecule has 0 aliphatic heterocycles. The van der Waals surface area contributed by atoms with Crippen LogP contribution < -0.4 is 4.74 Å². The van der Waals surface area contributed by atoms with Crippen LogP contribution in [0.15, 0.2) is 54.6 Å². The molecular weight excluding hydrogens is 278 g/mol. The van der Waals surface area contributed by atoms with Crippen LogP contribution in [0.2, 0.25) is 0 Å². The molecule has 3 rings (SSSR count). The Morgan fingerprint density at radius 3 is 2.55 bits per heavy atom. The molecule has 0 aliphatic rings. The lowest BCUT2D eigenvalue weighted by atomic mass is 10.2. The third-order valence-corrected chi connectivity index (χ3v) is 3.03. The largest absolute Gasteiger partial charge is 0.489 e. The van der Waals surface area contributed by atoms with Crippen LogP contribution >= 0.6 is 0 Å². The van der Waals surface area contributed by atoms with E-state index in [2.05, 4.69) is 15.4 Å². The summed E-state index contributed by atoms with van der Waals surface area (Å²) in [5, 5.41) is 20.4. The van der Waals surface area contributed by atoms with Crippen molar-refractivity contribution in [2.45, 2.75) is 13.2 Å². The minimum atomic E-state index is 0.0886. The summed E-state index contributed by atoms with van der Waals surface area (Å²) in [5.74, 6) is 1.27. The topological polar surface area (TPSA) is 76.6 Å². The van der Waals surface area contributed by atoms with Gasteiger partial charge in [-0.05, 0) is 35.0 Å². The Hall–Kier alpha value is -3.20. The summed E-state index contributed by atoms with van der Waals surface area (Å²) in [7, 11) is 0. The van der Waals surface area contributed by atoms with E-state index in [-0.39, 0.29) is 6.54 Å². The second-order valence-electron chi connectivity index (χ2n) is 4.60. The van der Waals surface area contributed by atoms with Gasteiger partial charge in [0.15, 0.2) is 0 Å². The van der Waals surface area contributed by atoms with Crippen molar-refractivity contribution in [1.82, 2.24) is 20.2 Å². The van der Waals surface area contributed by atoms with E-state index in [4.69, 9.17) is 10.00 Å². The molecule has 0 aliphatic carbocycles. The van der Waals surface area contributed by atoms with Crippen LogP contribution in [0.4, 0.5) is 0 Å². The van der Waals surface area contributed by atoms with E-state index >= 15 is 0 Å². The number of hydrogen-bond acceptors (Lipinski definition) is 5. The van der Waals surface area contributed by atoms with E-state index in [0.29, 0.717) is 12.4 Å². The molecule has 0 spiro atoms.